The fraction of sp³-hybridized carbons (Fsp3) is 0.500. The number of rotatable bonds is 4. The lowest BCUT2D eigenvalue weighted by Gasteiger charge is -2.19. The number of hydrogen-bond acceptors (Lipinski definition) is 5. The molecule has 4 rings (SSSR count). The minimum absolute atomic E-state index is 0.0939. The molecule has 6 nitrogen and oxygen atoms in total. The van der Waals surface area contributed by atoms with E-state index in [1.807, 2.05) is 13.8 Å². The summed E-state index contributed by atoms with van der Waals surface area (Å²) in [6.07, 6.45) is 3.70. The third-order valence-corrected chi connectivity index (χ3v) is 6.49. The minimum Gasteiger partial charge on any atom is -0.302 e. The molecule has 142 valence electrons. The predicted octanol–water partition coefficient (Wildman–Crippen LogP) is 3.42. The monoisotopic (exact) mass is 385 g/mol. The molecule has 1 aromatic heterocycles. The highest BCUT2D eigenvalue weighted by molar-refractivity contribution is 7.22. The first-order chi connectivity index (χ1) is 12.9. The summed E-state index contributed by atoms with van der Waals surface area (Å²) in [4.78, 5) is 43.1. The van der Waals surface area contributed by atoms with E-state index < -0.39 is 0 Å². The molecule has 1 aromatic carbocycles. The Labute approximate surface area is 161 Å². The number of carbonyl (C=O) groups is 3. The van der Waals surface area contributed by atoms with Crippen LogP contribution in [0.15, 0.2) is 12.1 Å². The number of likely N-dealkylation sites (tertiary alicyclic amines) is 1. The number of nitrogens with one attached hydrogen (secondary N) is 1. The standard InChI is InChI=1S/C20H23N3O3S/c1-11-9-12(2)17-15(10-11)27-20(22-17)21-16(24)7-8-23-18(25)13-5-3-4-6-14(13)19(23)26/h9-10,13-14H,3-8H2,1-2H3,(H,21,22,24)/t13-,14+. The van der Waals surface area contributed by atoms with Crippen molar-refractivity contribution in [1.82, 2.24) is 9.88 Å². The van der Waals surface area contributed by atoms with Gasteiger partial charge >= 0.3 is 0 Å². The lowest BCUT2D eigenvalue weighted by Crippen LogP contribution is -2.34. The van der Waals surface area contributed by atoms with Gasteiger partial charge in [0.1, 0.15) is 0 Å². The molecule has 1 aliphatic carbocycles. The van der Waals surface area contributed by atoms with Gasteiger partial charge in [0.15, 0.2) is 5.13 Å². The van der Waals surface area contributed by atoms with Crippen LogP contribution in [0.3, 0.4) is 0 Å². The number of benzene rings is 1. The number of aromatic nitrogens is 1. The second kappa shape index (κ2) is 7.03. The van der Waals surface area contributed by atoms with Crippen LogP contribution in [0.1, 0.15) is 43.2 Å². The first-order valence-corrected chi connectivity index (χ1v) is 10.3. The van der Waals surface area contributed by atoms with E-state index >= 15 is 0 Å². The molecule has 3 amide bonds. The molecule has 0 spiro atoms. The Kier molecular flexibility index (Phi) is 4.72. The van der Waals surface area contributed by atoms with E-state index in [0.29, 0.717) is 5.13 Å². The smallest absolute Gasteiger partial charge is 0.233 e. The van der Waals surface area contributed by atoms with E-state index in [2.05, 4.69) is 22.4 Å². The molecule has 0 radical (unpaired) electrons. The third kappa shape index (κ3) is 3.36. The molecule has 0 unspecified atom stereocenters. The van der Waals surface area contributed by atoms with Gasteiger partial charge in [-0.05, 0) is 43.9 Å². The minimum atomic E-state index is -0.223. The molecule has 27 heavy (non-hydrogen) atoms. The van der Waals surface area contributed by atoms with Crippen LogP contribution in [-0.4, -0.2) is 34.2 Å². The Morgan fingerprint density at radius 1 is 1.19 bits per heavy atom. The SMILES string of the molecule is Cc1cc(C)c2nc(NC(=O)CCN3C(=O)[C@H]4CCCC[C@H]4C3=O)sc2c1. The van der Waals surface area contributed by atoms with Crippen molar-refractivity contribution in [3.63, 3.8) is 0 Å². The zero-order valence-electron chi connectivity index (χ0n) is 15.6. The maximum Gasteiger partial charge on any atom is 0.233 e. The number of carbonyl (C=O) groups excluding carboxylic acids is 3. The highest BCUT2D eigenvalue weighted by atomic mass is 32.1. The van der Waals surface area contributed by atoms with Gasteiger partial charge in [-0.15, -0.1) is 0 Å². The van der Waals surface area contributed by atoms with Crippen molar-refractivity contribution in [2.45, 2.75) is 46.0 Å². The van der Waals surface area contributed by atoms with Crippen LogP contribution < -0.4 is 5.32 Å². The molecule has 0 bridgehead atoms. The molecular weight excluding hydrogens is 362 g/mol. The summed E-state index contributed by atoms with van der Waals surface area (Å²) in [6.45, 7) is 4.19. The van der Waals surface area contributed by atoms with Crippen LogP contribution in [-0.2, 0) is 14.4 Å². The molecular formula is C20H23N3O3S. The highest BCUT2D eigenvalue weighted by Crippen LogP contribution is 2.38. The van der Waals surface area contributed by atoms with Gasteiger partial charge in [0.05, 0.1) is 22.1 Å². The van der Waals surface area contributed by atoms with Gasteiger partial charge in [-0.25, -0.2) is 4.98 Å². The van der Waals surface area contributed by atoms with Gasteiger partial charge in [-0.2, -0.15) is 0 Å². The number of imide groups is 1. The topological polar surface area (TPSA) is 79.4 Å². The summed E-state index contributed by atoms with van der Waals surface area (Å²) in [5.74, 6) is -0.736. The van der Waals surface area contributed by atoms with Gasteiger partial charge in [0.25, 0.3) is 0 Å². The molecule has 1 saturated heterocycles. The summed E-state index contributed by atoms with van der Waals surface area (Å²) in [6, 6.07) is 4.12. The first kappa shape index (κ1) is 18.1. The lowest BCUT2D eigenvalue weighted by molar-refractivity contribution is -0.140. The first-order valence-electron chi connectivity index (χ1n) is 9.47. The van der Waals surface area contributed by atoms with Crippen molar-refractivity contribution < 1.29 is 14.4 Å². The van der Waals surface area contributed by atoms with E-state index in [1.165, 1.54) is 16.2 Å². The van der Waals surface area contributed by atoms with Gasteiger partial charge in [0.2, 0.25) is 17.7 Å². The number of anilines is 1. The number of aryl methyl sites for hydroxylation is 2. The van der Waals surface area contributed by atoms with Crippen LogP contribution >= 0.6 is 11.3 Å². The summed E-state index contributed by atoms with van der Waals surface area (Å²) < 4.78 is 1.04. The largest absolute Gasteiger partial charge is 0.302 e. The zero-order valence-corrected chi connectivity index (χ0v) is 16.4. The number of amides is 3. The summed E-state index contributed by atoms with van der Waals surface area (Å²) in [5, 5.41) is 3.37. The van der Waals surface area contributed by atoms with Crippen LogP contribution in [0.5, 0.6) is 0 Å². The van der Waals surface area contributed by atoms with E-state index in [9.17, 15) is 14.4 Å². The Bertz CT molecular complexity index is 912. The Hall–Kier alpha value is -2.28. The normalized spacial score (nSPS) is 22.4. The molecule has 2 heterocycles. The number of nitrogens with zero attached hydrogens (tertiary/aromatic N) is 2. The van der Waals surface area contributed by atoms with Crippen molar-refractivity contribution in [3.05, 3.63) is 23.3 Å². The maximum atomic E-state index is 12.5. The molecule has 2 fully saturated rings. The molecule has 2 aromatic rings. The average Bonchev–Trinajstić information content (AvgIpc) is 3.13. The van der Waals surface area contributed by atoms with Crippen molar-refractivity contribution >= 4 is 44.4 Å². The zero-order chi connectivity index (χ0) is 19.1. The second-order valence-corrected chi connectivity index (χ2v) is 8.60. The van der Waals surface area contributed by atoms with Crippen LogP contribution in [0.4, 0.5) is 5.13 Å². The predicted molar refractivity (Wildman–Crippen MR) is 105 cm³/mol. The fourth-order valence-electron chi connectivity index (χ4n) is 4.27. The highest BCUT2D eigenvalue weighted by Gasteiger charge is 2.47. The Morgan fingerprint density at radius 2 is 1.85 bits per heavy atom. The molecule has 1 aliphatic heterocycles. The second-order valence-electron chi connectivity index (χ2n) is 7.57. The maximum absolute atomic E-state index is 12.5. The molecule has 1 saturated carbocycles. The molecule has 2 aliphatic rings. The van der Waals surface area contributed by atoms with E-state index in [0.717, 1.165) is 47.0 Å². The van der Waals surface area contributed by atoms with Crippen molar-refractivity contribution in [2.75, 3.05) is 11.9 Å². The van der Waals surface area contributed by atoms with Gasteiger partial charge in [-0.1, -0.05) is 30.2 Å². The van der Waals surface area contributed by atoms with Gasteiger partial charge < -0.3 is 5.32 Å². The number of fused-ring (bicyclic) bond motifs is 2. The number of thiazole rings is 1. The summed E-state index contributed by atoms with van der Waals surface area (Å²) in [5.41, 5.74) is 3.14. The average molecular weight is 385 g/mol. The van der Waals surface area contributed by atoms with Crippen molar-refractivity contribution in [2.24, 2.45) is 11.8 Å². The van der Waals surface area contributed by atoms with Gasteiger partial charge in [0, 0.05) is 13.0 Å². The molecule has 7 heteroatoms. The van der Waals surface area contributed by atoms with E-state index in [4.69, 9.17) is 0 Å². The summed E-state index contributed by atoms with van der Waals surface area (Å²) in [7, 11) is 0. The molecule has 2 atom stereocenters. The third-order valence-electron chi connectivity index (χ3n) is 5.57. The van der Waals surface area contributed by atoms with E-state index in [1.54, 1.807) is 0 Å². The van der Waals surface area contributed by atoms with Crippen LogP contribution in [0.2, 0.25) is 0 Å². The van der Waals surface area contributed by atoms with Crippen molar-refractivity contribution in [3.8, 4) is 0 Å². The quantitative estimate of drug-likeness (QED) is 0.818. The van der Waals surface area contributed by atoms with E-state index in [-0.39, 0.29) is 42.5 Å². The fourth-order valence-corrected chi connectivity index (χ4v) is 5.33. The van der Waals surface area contributed by atoms with Crippen molar-refractivity contribution in [1.29, 1.82) is 0 Å². The number of hydrogen-bond donors (Lipinski definition) is 1. The Morgan fingerprint density at radius 3 is 2.52 bits per heavy atom. The lowest BCUT2D eigenvalue weighted by atomic mass is 9.81. The van der Waals surface area contributed by atoms with Gasteiger partial charge in [-0.3, -0.25) is 19.3 Å². The Balaban J connectivity index is 1.39. The van der Waals surface area contributed by atoms with Crippen LogP contribution in [0.25, 0.3) is 10.2 Å². The summed E-state index contributed by atoms with van der Waals surface area (Å²) >= 11 is 1.44. The molecule has 1 N–H and O–H groups in total. The van der Waals surface area contributed by atoms with Crippen LogP contribution in [0, 0.1) is 25.7 Å².